The number of benzene rings is 2. The summed E-state index contributed by atoms with van der Waals surface area (Å²) in [6, 6.07) is 13.8. The maximum atomic E-state index is 12.1. The molecular weight excluding hydrogens is 372 g/mol. The second kappa shape index (κ2) is 6.77. The van der Waals surface area contributed by atoms with Gasteiger partial charge >= 0.3 is 0 Å². The first-order valence-electron chi connectivity index (χ1n) is 6.08. The van der Waals surface area contributed by atoms with Gasteiger partial charge in [0.05, 0.1) is 10.6 Å². The third-order valence-corrected chi connectivity index (χ3v) is 5.63. The van der Waals surface area contributed by atoms with Gasteiger partial charge in [-0.3, -0.25) is 4.79 Å². The van der Waals surface area contributed by atoms with Crippen molar-refractivity contribution in [3.63, 3.8) is 0 Å². The van der Waals surface area contributed by atoms with Crippen LogP contribution in [0.4, 0.5) is 0 Å². The molecule has 0 unspecified atom stereocenters. The van der Waals surface area contributed by atoms with Gasteiger partial charge in [-0.25, -0.2) is 8.42 Å². The average Bonchev–Trinajstić information content (AvgIpc) is 2.45. The molecule has 0 N–H and O–H groups in total. The summed E-state index contributed by atoms with van der Waals surface area (Å²) in [4.78, 5) is 13.3. The molecule has 0 heterocycles. The van der Waals surface area contributed by atoms with E-state index in [0.717, 1.165) is 9.37 Å². The molecule has 0 atom stereocenters. The number of thioether (sulfide) groups is 1. The van der Waals surface area contributed by atoms with Crippen molar-refractivity contribution in [2.45, 2.75) is 9.79 Å². The Balaban J connectivity index is 2.04. The maximum Gasteiger partial charge on any atom is 0.175 e. The number of rotatable bonds is 5. The number of hydrogen-bond acceptors (Lipinski definition) is 4. The lowest BCUT2D eigenvalue weighted by Gasteiger charge is -2.04. The normalized spacial score (nSPS) is 11.3. The molecule has 2 rings (SSSR count). The fourth-order valence-electron chi connectivity index (χ4n) is 1.70. The van der Waals surface area contributed by atoms with Crippen LogP contribution in [-0.4, -0.2) is 26.2 Å². The highest BCUT2D eigenvalue weighted by Crippen LogP contribution is 2.23. The lowest BCUT2D eigenvalue weighted by Crippen LogP contribution is -2.03. The monoisotopic (exact) mass is 384 g/mol. The zero-order valence-electron chi connectivity index (χ0n) is 11.2. The van der Waals surface area contributed by atoms with E-state index in [1.165, 1.54) is 18.0 Å². The third kappa shape index (κ3) is 4.43. The van der Waals surface area contributed by atoms with Gasteiger partial charge in [0.2, 0.25) is 0 Å². The van der Waals surface area contributed by atoms with E-state index in [1.54, 1.807) is 30.3 Å². The smallest absolute Gasteiger partial charge is 0.175 e. The summed E-state index contributed by atoms with van der Waals surface area (Å²) in [7, 11) is -3.18. The van der Waals surface area contributed by atoms with Crippen LogP contribution in [0.2, 0.25) is 0 Å². The topological polar surface area (TPSA) is 51.2 Å². The zero-order chi connectivity index (χ0) is 15.5. The quantitative estimate of drug-likeness (QED) is 0.580. The van der Waals surface area contributed by atoms with Gasteiger partial charge in [-0.15, -0.1) is 11.8 Å². The SMILES string of the molecule is CS(=O)(=O)c1ccc(SCC(=O)c2ccccc2Br)cc1. The largest absolute Gasteiger partial charge is 0.293 e. The molecule has 2 aromatic rings. The number of carbonyl (C=O) groups excluding carboxylic acids is 1. The molecule has 6 heteroatoms. The Morgan fingerprint density at radius 1 is 1.10 bits per heavy atom. The fraction of sp³-hybridized carbons (Fsp3) is 0.133. The molecule has 0 aliphatic heterocycles. The van der Waals surface area contributed by atoms with Crippen molar-refractivity contribution in [2.24, 2.45) is 0 Å². The predicted octanol–water partition coefficient (Wildman–Crippen LogP) is 3.83. The van der Waals surface area contributed by atoms with Crippen molar-refractivity contribution in [3.8, 4) is 0 Å². The maximum absolute atomic E-state index is 12.1. The number of sulfone groups is 1. The molecule has 21 heavy (non-hydrogen) atoms. The first-order valence-corrected chi connectivity index (χ1v) is 9.75. The Bertz CT molecular complexity index is 753. The zero-order valence-corrected chi connectivity index (χ0v) is 14.5. The minimum atomic E-state index is -3.18. The highest BCUT2D eigenvalue weighted by atomic mass is 79.9. The van der Waals surface area contributed by atoms with Gasteiger partial charge in [0.25, 0.3) is 0 Å². The fourth-order valence-corrected chi connectivity index (χ4v) is 3.62. The van der Waals surface area contributed by atoms with E-state index >= 15 is 0 Å². The molecule has 0 radical (unpaired) electrons. The number of ketones is 1. The summed E-state index contributed by atoms with van der Waals surface area (Å²) in [6.07, 6.45) is 1.17. The average molecular weight is 385 g/mol. The molecule has 3 nitrogen and oxygen atoms in total. The Morgan fingerprint density at radius 2 is 1.71 bits per heavy atom. The van der Waals surface area contributed by atoms with Crippen molar-refractivity contribution in [2.75, 3.05) is 12.0 Å². The molecule has 0 fully saturated rings. The highest BCUT2D eigenvalue weighted by Gasteiger charge is 2.11. The molecule has 0 saturated heterocycles. The van der Waals surface area contributed by atoms with Crippen molar-refractivity contribution < 1.29 is 13.2 Å². The van der Waals surface area contributed by atoms with Gasteiger partial charge in [-0.2, -0.15) is 0 Å². The van der Waals surface area contributed by atoms with Crippen LogP contribution in [0.25, 0.3) is 0 Å². The number of carbonyl (C=O) groups is 1. The summed E-state index contributed by atoms with van der Waals surface area (Å²) in [6.45, 7) is 0. The van der Waals surface area contributed by atoms with Crippen LogP contribution in [0.3, 0.4) is 0 Å². The van der Waals surface area contributed by atoms with Crippen LogP contribution >= 0.6 is 27.7 Å². The Labute approximate surface area is 136 Å². The van der Waals surface area contributed by atoms with Gasteiger partial charge in [0.15, 0.2) is 15.6 Å². The van der Waals surface area contributed by atoms with Gasteiger partial charge in [0, 0.05) is 21.2 Å². The Kier molecular flexibility index (Phi) is 5.24. The molecule has 0 aromatic heterocycles. The Morgan fingerprint density at radius 3 is 2.29 bits per heavy atom. The second-order valence-electron chi connectivity index (χ2n) is 4.44. The lowest BCUT2D eigenvalue weighted by atomic mass is 10.1. The molecule has 2 aromatic carbocycles. The van der Waals surface area contributed by atoms with E-state index in [9.17, 15) is 13.2 Å². The lowest BCUT2D eigenvalue weighted by molar-refractivity contribution is 0.102. The van der Waals surface area contributed by atoms with Crippen molar-refractivity contribution in [1.82, 2.24) is 0 Å². The van der Waals surface area contributed by atoms with Crippen LogP contribution < -0.4 is 0 Å². The van der Waals surface area contributed by atoms with Gasteiger partial charge < -0.3 is 0 Å². The van der Waals surface area contributed by atoms with Crippen LogP contribution in [-0.2, 0) is 9.84 Å². The minimum absolute atomic E-state index is 0.0275. The standard InChI is InChI=1S/C15H13BrO3S2/c1-21(18,19)12-8-6-11(7-9-12)20-10-15(17)13-4-2-3-5-14(13)16/h2-9H,10H2,1H3. The summed E-state index contributed by atoms with van der Waals surface area (Å²) >= 11 is 4.74. The van der Waals surface area contributed by atoms with E-state index in [0.29, 0.717) is 11.3 Å². The summed E-state index contributed by atoms with van der Waals surface area (Å²) in [5.74, 6) is 0.334. The number of halogens is 1. The van der Waals surface area contributed by atoms with Crippen LogP contribution in [0.5, 0.6) is 0 Å². The third-order valence-electron chi connectivity index (χ3n) is 2.80. The Hall–Kier alpha value is -1.11. The van der Waals surface area contributed by atoms with E-state index in [4.69, 9.17) is 0 Å². The van der Waals surface area contributed by atoms with Crippen LogP contribution in [0.1, 0.15) is 10.4 Å². The molecule has 0 saturated carbocycles. The molecule has 110 valence electrons. The second-order valence-corrected chi connectivity index (χ2v) is 8.35. The highest BCUT2D eigenvalue weighted by molar-refractivity contribution is 9.10. The molecular formula is C15H13BrO3S2. The van der Waals surface area contributed by atoms with Gasteiger partial charge in [-0.1, -0.05) is 34.1 Å². The molecule has 0 aliphatic rings. The number of Topliss-reactive ketones (excluding diaryl/α,β-unsaturated/α-hetero) is 1. The predicted molar refractivity (Wildman–Crippen MR) is 88.7 cm³/mol. The summed E-state index contributed by atoms with van der Waals surface area (Å²) < 4.78 is 23.5. The number of hydrogen-bond donors (Lipinski definition) is 0. The molecule has 0 amide bonds. The van der Waals surface area contributed by atoms with Gasteiger partial charge in [0.1, 0.15) is 0 Å². The van der Waals surface area contributed by atoms with Crippen LogP contribution in [0.15, 0.2) is 62.8 Å². The van der Waals surface area contributed by atoms with Gasteiger partial charge in [-0.05, 0) is 30.3 Å². The van der Waals surface area contributed by atoms with Crippen LogP contribution in [0, 0.1) is 0 Å². The summed E-state index contributed by atoms with van der Waals surface area (Å²) in [5.41, 5.74) is 0.651. The van der Waals surface area contributed by atoms with Crippen molar-refractivity contribution in [1.29, 1.82) is 0 Å². The van der Waals surface area contributed by atoms with E-state index in [1.807, 2.05) is 18.2 Å². The van der Waals surface area contributed by atoms with E-state index in [-0.39, 0.29) is 10.7 Å². The van der Waals surface area contributed by atoms with E-state index < -0.39 is 9.84 Å². The van der Waals surface area contributed by atoms with E-state index in [2.05, 4.69) is 15.9 Å². The van der Waals surface area contributed by atoms with Crippen molar-refractivity contribution in [3.05, 3.63) is 58.6 Å². The first-order chi connectivity index (χ1) is 9.88. The molecule has 0 aliphatic carbocycles. The molecule has 0 spiro atoms. The summed E-state index contributed by atoms with van der Waals surface area (Å²) in [5, 5.41) is 0. The first kappa shape index (κ1) is 16.3. The van der Waals surface area contributed by atoms with Crippen molar-refractivity contribution >= 4 is 43.3 Å². The minimum Gasteiger partial charge on any atom is -0.293 e. The molecule has 0 bridgehead atoms.